The number of aryl methyl sites for hydroxylation is 1. The minimum Gasteiger partial charge on any atom is -0.235 e. The summed E-state index contributed by atoms with van der Waals surface area (Å²) in [5, 5.41) is 7.59. The lowest BCUT2D eigenvalue weighted by Gasteiger charge is -2.32. The van der Waals surface area contributed by atoms with Gasteiger partial charge in [0.1, 0.15) is 0 Å². The number of alkyl halides is 1. The van der Waals surface area contributed by atoms with Gasteiger partial charge in [-0.15, -0.1) is 5.10 Å². The highest BCUT2D eigenvalue weighted by molar-refractivity contribution is 9.10. The molecule has 0 N–H and O–H groups in total. The molecule has 1 atom stereocenters. The highest BCUT2D eigenvalue weighted by Gasteiger charge is 2.34. The van der Waals surface area contributed by atoms with Crippen molar-refractivity contribution in [2.75, 3.05) is 13.1 Å². The van der Waals surface area contributed by atoms with E-state index in [1.807, 2.05) is 0 Å². The summed E-state index contributed by atoms with van der Waals surface area (Å²) in [6, 6.07) is 0. The lowest BCUT2D eigenvalue weighted by atomic mass is 9.96. The van der Waals surface area contributed by atoms with E-state index in [0.717, 1.165) is 12.8 Å². The van der Waals surface area contributed by atoms with Crippen LogP contribution in [0.2, 0.25) is 0 Å². The SMILES string of the molecule is CC(Br)C1CCN(S(=O)(=O)c2c(Br)nnn2C)CC1. The van der Waals surface area contributed by atoms with E-state index in [9.17, 15) is 8.42 Å². The van der Waals surface area contributed by atoms with E-state index in [1.165, 1.54) is 8.99 Å². The maximum atomic E-state index is 12.5. The fourth-order valence-electron chi connectivity index (χ4n) is 2.29. The highest BCUT2D eigenvalue weighted by Crippen LogP contribution is 2.29. The molecule has 0 aromatic carbocycles. The number of hydrogen-bond donors (Lipinski definition) is 0. The Morgan fingerprint density at radius 2 is 1.95 bits per heavy atom. The molecule has 19 heavy (non-hydrogen) atoms. The van der Waals surface area contributed by atoms with Crippen molar-refractivity contribution in [3.05, 3.63) is 4.60 Å². The molecule has 0 bridgehead atoms. The lowest BCUT2D eigenvalue weighted by Crippen LogP contribution is -2.40. The fraction of sp³-hybridized carbons (Fsp3) is 0.800. The van der Waals surface area contributed by atoms with Crippen LogP contribution >= 0.6 is 31.9 Å². The molecule has 1 fully saturated rings. The van der Waals surface area contributed by atoms with Crippen LogP contribution in [0.4, 0.5) is 0 Å². The first-order chi connectivity index (χ1) is 8.84. The molecular weight excluding hydrogens is 400 g/mol. The van der Waals surface area contributed by atoms with Crippen LogP contribution in [0.1, 0.15) is 19.8 Å². The molecule has 0 spiro atoms. The molecular formula is C10H16Br2N4O2S. The largest absolute Gasteiger partial charge is 0.263 e. The standard InChI is InChI=1S/C10H16Br2N4O2S/c1-7(11)8-3-5-16(6-4-8)19(17,18)10-9(12)13-14-15(10)2/h7-8H,3-6H2,1-2H3. The van der Waals surface area contributed by atoms with Crippen molar-refractivity contribution in [3.63, 3.8) is 0 Å². The Labute approximate surface area is 129 Å². The van der Waals surface area contributed by atoms with E-state index in [1.54, 1.807) is 7.05 Å². The quantitative estimate of drug-likeness (QED) is 0.705. The summed E-state index contributed by atoms with van der Waals surface area (Å²) in [5.74, 6) is 0.527. The van der Waals surface area contributed by atoms with Crippen LogP contribution in [0.5, 0.6) is 0 Å². The van der Waals surface area contributed by atoms with E-state index < -0.39 is 10.0 Å². The molecule has 9 heteroatoms. The summed E-state index contributed by atoms with van der Waals surface area (Å²) in [6.07, 6.45) is 1.74. The average molecular weight is 416 g/mol. The number of halogens is 2. The van der Waals surface area contributed by atoms with Gasteiger partial charge in [0, 0.05) is 25.0 Å². The Kier molecular flexibility index (Phi) is 4.69. The maximum absolute atomic E-state index is 12.5. The molecule has 0 amide bonds. The Bertz CT molecular complexity index is 530. The van der Waals surface area contributed by atoms with E-state index >= 15 is 0 Å². The zero-order valence-electron chi connectivity index (χ0n) is 10.8. The third kappa shape index (κ3) is 3.03. The van der Waals surface area contributed by atoms with Gasteiger partial charge in [0.25, 0.3) is 10.0 Å². The fourth-order valence-corrected chi connectivity index (χ4v) is 5.32. The van der Waals surface area contributed by atoms with Crippen LogP contribution in [0.3, 0.4) is 0 Å². The Morgan fingerprint density at radius 1 is 1.37 bits per heavy atom. The summed E-state index contributed by atoms with van der Waals surface area (Å²) < 4.78 is 28.2. The molecule has 0 saturated carbocycles. The number of aromatic nitrogens is 3. The predicted octanol–water partition coefficient (Wildman–Crippen LogP) is 1.76. The van der Waals surface area contributed by atoms with Crippen molar-refractivity contribution in [1.29, 1.82) is 0 Å². The van der Waals surface area contributed by atoms with Crippen LogP contribution in [-0.2, 0) is 17.1 Å². The Balaban J connectivity index is 2.19. The first kappa shape index (κ1) is 15.4. The van der Waals surface area contributed by atoms with Crippen LogP contribution in [-0.4, -0.2) is 45.6 Å². The number of nitrogens with zero attached hydrogens (tertiary/aromatic N) is 4. The second-order valence-corrected chi connectivity index (χ2v) is 8.78. The molecule has 1 aliphatic rings. The second kappa shape index (κ2) is 5.79. The van der Waals surface area contributed by atoms with Gasteiger partial charge in [-0.3, -0.25) is 0 Å². The molecule has 1 aromatic rings. The molecule has 1 unspecified atom stereocenters. The van der Waals surface area contributed by atoms with Crippen LogP contribution in [0, 0.1) is 5.92 Å². The van der Waals surface area contributed by atoms with Gasteiger partial charge in [0.15, 0.2) is 4.60 Å². The van der Waals surface area contributed by atoms with Crippen molar-refractivity contribution in [1.82, 2.24) is 19.3 Å². The number of sulfonamides is 1. The van der Waals surface area contributed by atoms with E-state index in [-0.39, 0.29) is 9.63 Å². The van der Waals surface area contributed by atoms with Crippen molar-refractivity contribution in [2.45, 2.75) is 29.6 Å². The lowest BCUT2D eigenvalue weighted by molar-refractivity contribution is 0.273. The minimum atomic E-state index is -3.52. The van der Waals surface area contributed by atoms with Crippen molar-refractivity contribution >= 4 is 41.9 Å². The van der Waals surface area contributed by atoms with Gasteiger partial charge in [-0.2, -0.15) is 4.31 Å². The molecule has 6 nitrogen and oxygen atoms in total. The molecule has 2 rings (SSSR count). The average Bonchev–Trinajstić information content (AvgIpc) is 2.69. The summed E-state index contributed by atoms with van der Waals surface area (Å²) >= 11 is 6.72. The molecule has 108 valence electrons. The summed E-state index contributed by atoms with van der Waals surface area (Å²) in [5.41, 5.74) is 0. The van der Waals surface area contributed by atoms with Crippen molar-refractivity contribution < 1.29 is 8.42 Å². The number of rotatable bonds is 3. The predicted molar refractivity (Wildman–Crippen MR) is 78.6 cm³/mol. The van der Waals surface area contributed by atoms with Crippen molar-refractivity contribution in [2.24, 2.45) is 13.0 Å². The highest BCUT2D eigenvalue weighted by atomic mass is 79.9. The number of piperidine rings is 1. The van der Waals surface area contributed by atoms with Gasteiger partial charge in [-0.05, 0) is 34.7 Å². The molecule has 1 aliphatic heterocycles. The zero-order valence-corrected chi connectivity index (χ0v) is 14.7. The maximum Gasteiger partial charge on any atom is 0.263 e. The third-order valence-corrected chi connectivity index (χ3v) is 7.00. The zero-order chi connectivity index (χ0) is 14.2. The minimum absolute atomic E-state index is 0.123. The van der Waals surface area contributed by atoms with Gasteiger partial charge in [-0.25, -0.2) is 13.1 Å². The van der Waals surface area contributed by atoms with Crippen LogP contribution < -0.4 is 0 Å². The van der Waals surface area contributed by atoms with E-state index in [4.69, 9.17) is 0 Å². The normalized spacial score (nSPS) is 20.6. The van der Waals surface area contributed by atoms with Gasteiger partial charge in [0.05, 0.1) is 0 Å². The second-order valence-electron chi connectivity index (χ2n) is 4.73. The van der Waals surface area contributed by atoms with E-state index in [0.29, 0.717) is 23.8 Å². The third-order valence-electron chi connectivity index (χ3n) is 3.47. The molecule has 0 aliphatic carbocycles. The first-order valence-corrected chi connectivity index (χ1v) is 9.18. The monoisotopic (exact) mass is 414 g/mol. The van der Waals surface area contributed by atoms with Crippen molar-refractivity contribution in [3.8, 4) is 0 Å². The Hall–Kier alpha value is 0.0100. The molecule has 2 heterocycles. The van der Waals surface area contributed by atoms with Crippen LogP contribution in [0.15, 0.2) is 9.63 Å². The summed E-state index contributed by atoms with van der Waals surface area (Å²) in [7, 11) is -1.94. The molecule has 1 saturated heterocycles. The number of hydrogen-bond acceptors (Lipinski definition) is 4. The summed E-state index contributed by atoms with van der Waals surface area (Å²) in [6.45, 7) is 3.19. The van der Waals surface area contributed by atoms with Gasteiger partial charge < -0.3 is 0 Å². The molecule has 1 aromatic heterocycles. The van der Waals surface area contributed by atoms with Gasteiger partial charge >= 0.3 is 0 Å². The van der Waals surface area contributed by atoms with Gasteiger partial charge in [0.2, 0.25) is 5.03 Å². The summed E-state index contributed by atoms with van der Waals surface area (Å²) in [4.78, 5) is 0.419. The topological polar surface area (TPSA) is 68.1 Å². The molecule has 0 radical (unpaired) electrons. The van der Waals surface area contributed by atoms with Crippen LogP contribution in [0.25, 0.3) is 0 Å². The van der Waals surface area contributed by atoms with E-state index in [2.05, 4.69) is 49.1 Å². The van der Waals surface area contributed by atoms with Gasteiger partial charge in [-0.1, -0.05) is 28.1 Å². The smallest absolute Gasteiger partial charge is 0.235 e. The Morgan fingerprint density at radius 3 is 2.37 bits per heavy atom. The first-order valence-electron chi connectivity index (χ1n) is 6.03.